The molecule has 0 N–H and O–H groups in total. The van der Waals surface area contributed by atoms with Crippen molar-refractivity contribution in [1.82, 2.24) is 14.4 Å². The van der Waals surface area contributed by atoms with Crippen molar-refractivity contribution in [2.24, 2.45) is 0 Å². The number of nitrogens with zero attached hydrogens (tertiary/aromatic N) is 4. The summed E-state index contributed by atoms with van der Waals surface area (Å²) in [5.41, 5.74) is -3.47. The molecule has 0 radical (unpaired) electrons. The summed E-state index contributed by atoms with van der Waals surface area (Å²) < 4.78 is 79.8. The van der Waals surface area contributed by atoms with E-state index in [0.717, 1.165) is 18.5 Å². The molecular formula is C16H8F6N4. The van der Waals surface area contributed by atoms with Crippen LogP contribution in [0.3, 0.4) is 0 Å². The molecule has 0 atom stereocenters. The molecule has 3 aromatic rings. The van der Waals surface area contributed by atoms with Crippen LogP contribution in [-0.2, 0) is 12.4 Å². The Balaban J connectivity index is 2.31. The number of halogens is 6. The zero-order valence-electron chi connectivity index (χ0n) is 12.9. The molecule has 0 saturated heterocycles. The number of hydrogen-bond acceptors (Lipinski definition) is 3. The van der Waals surface area contributed by atoms with Gasteiger partial charge in [0.05, 0.1) is 11.3 Å². The van der Waals surface area contributed by atoms with Crippen molar-refractivity contribution < 1.29 is 26.3 Å². The molecule has 0 aliphatic carbocycles. The van der Waals surface area contributed by atoms with E-state index in [0.29, 0.717) is 10.5 Å². The van der Waals surface area contributed by atoms with Crippen LogP contribution in [0.2, 0.25) is 0 Å². The Bertz CT molecular complexity index is 1040. The summed E-state index contributed by atoms with van der Waals surface area (Å²) in [6.45, 7) is 1.25. The van der Waals surface area contributed by atoms with Gasteiger partial charge in [0.2, 0.25) is 0 Å². The van der Waals surface area contributed by atoms with E-state index in [2.05, 4.69) is 9.97 Å². The van der Waals surface area contributed by atoms with Gasteiger partial charge < -0.3 is 0 Å². The number of aromatic nitrogens is 3. The summed E-state index contributed by atoms with van der Waals surface area (Å²) in [6.07, 6.45) is -8.68. The summed E-state index contributed by atoms with van der Waals surface area (Å²) in [5, 5.41) is 8.97. The summed E-state index contributed by atoms with van der Waals surface area (Å²) in [4.78, 5) is 7.47. The minimum absolute atomic E-state index is 0.0690. The fraction of sp³-hybridized carbons (Fsp3) is 0.188. The first kappa shape index (κ1) is 17.7. The number of fused-ring (bicyclic) bond motifs is 1. The number of imidazole rings is 1. The Hall–Kier alpha value is -3.09. The Labute approximate surface area is 142 Å². The molecule has 0 unspecified atom stereocenters. The van der Waals surface area contributed by atoms with Gasteiger partial charge >= 0.3 is 12.4 Å². The molecule has 0 amide bonds. The van der Waals surface area contributed by atoms with E-state index in [1.807, 2.05) is 0 Å². The lowest BCUT2D eigenvalue weighted by molar-refractivity contribution is -0.142. The van der Waals surface area contributed by atoms with E-state index in [9.17, 15) is 26.3 Å². The molecule has 2 heterocycles. The van der Waals surface area contributed by atoms with Crippen LogP contribution in [-0.4, -0.2) is 14.4 Å². The third kappa shape index (κ3) is 2.96. The molecule has 3 rings (SSSR count). The molecule has 4 nitrogen and oxygen atoms in total. The monoisotopic (exact) mass is 370 g/mol. The quantitative estimate of drug-likeness (QED) is 0.588. The van der Waals surface area contributed by atoms with E-state index in [-0.39, 0.29) is 28.2 Å². The molecule has 10 heteroatoms. The van der Waals surface area contributed by atoms with Crippen LogP contribution in [0.1, 0.15) is 22.5 Å². The maximum absolute atomic E-state index is 13.3. The lowest BCUT2D eigenvalue weighted by atomic mass is 10.0. The number of rotatable bonds is 1. The van der Waals surface area contributed by atoms with Gasteiger partial charge in [0.25, 0.3) is 0 Å². The molecule has 0 spiro atoms. The highest BCUT2D eigenvalue weighted by molar-refractivity contribution is 5.66. The minimum Gasteiger partial charge on any atom is -0.278 e. The van der Waals surface area contributed by atoms with Crippen LogP contribution in [0.4, 0.5) is 26.3 Å². The van der Waals surface area contributed by atoms with Gasteiger partial charge in [-0.05, 0) is 24.6 Å². The smallest absolute Gasteiger partial charge is 0.278 e. The lowest BCUT2D eigenvalue weighted by Crippen LogP contribution is -2.13. The Morgan fingerprint density at radius 3 is 2.31 bits per heavy atom. The van der Waals surface area contributed by atoms with Crippen molar-refractivity contribution in [2.75, 3.05) is 0 Å². The highest BCUT2D eigenvalue weighted by Crippen LogP contribution is 2.36. The molecular weight excluding hydrogens is 362 g/mol. The van der Waals surface area contributed by atoms with Crippen LogP contribution in [0, 0.1) is 18.3 Å². The van der Waals surface area contributed by atoms with Crippen LogP contribution in [0.5, 0.6) is 0 Å². The number of alkyl halides is 6. The summed E-state index contributed by atoms with van der Waals surface area (Å²) >= 11 is 0. The second-order valence-corrected chi connectivity index (χ2v) is 5.45. The fourth-order valence-corrected chi connectivity index (χ4v) is 2.50. The Morgan fingerprint density at radius 2 is 1.73 bits per heavy atom. The van der Waals surface area contributed by atoms with Gasteiger partial charge in [0.1, 0.15) is 18.1 Å². The van der Waals surface area contributed by atoms with Crippen LogP contribution in [0.25, 0.3) is 16.9 Å². The first-order valence-corrected chi connectivity index (χ1v) is 7.06. The third-order valence-corrected chi connectivity index (χ3v) is 3.74. The molecule has 1 aromatic carbocycles. The van der Waals surface area contributed by atoms with Gasteiger partial charge in [-0.1, -0.05) is 12.1 Å². The lowest BCUT2D eigenvalue weighted by Gasteiger charge is -2.14. The maximum atomic E-state index is 13.3. The minimum atomic E-state index is -4.82. The average molecular weight is 370 g/mol. The molecule has 134 valence electrons. The molecule has 0 fully saturated rings. The largest absolute Gasteiger partial charge is 0.431 e. The maximum Gasteiger partial charge on any atom is 0.431 e. The number of aryl methyl sites for hydroxylation is 1. The Morgan fingerprint density at radius 1 is 1.04 bits per heavy atom. The predicted octanol–water partition coefficient (Wildman–Crippen LogP) is 4.61. The first-order chi connectivity index (χ1) is 12.0. The van der Waals surface area contributed by atoms with Gasteiger partial charge in [0.15, 0.2) is 11.3 Å². The summed E-state index contributed by atoms with van der Waals surface area (Å²) in [5.74, 6) is 0. The van der Waals surface area contributed by atoms with E-state index < -0.39 is 23.6 Å². The molecule has 26 heavy (non-hydrogen) atoms. The van der Waals surface area contributed by atoms with Gasteiger partial charge in [0, 0.05) is 5.56 Å². The van der Waals surface area contributed by atoms with E-state index in [1.165, 1.54) is 13.0 Å². The zero-order chi connectivity index (χ0) is 19.3. The van der Waals surface area contributed by atoms with Gasteiger partial charge in [-0.25, -0.2) is 9.97 Å². The molecule has 2 aromatic heterocycles. The first-order valence-electron chi connectivity index (χ1n) is 7.06. The van der Waals surface area contributed by atoms with Crippen LogP contribution >= 0.6 is 0 Å². The van der Waals surface area contributed by atoms with Gasteiger partial charge in [-0.3, -0.25) is 4.40 Å². The van der Waals surface area contributed by atoms with Crippen LogP contribution < -0.4 is 0 Å². The van der Waals surface area contributed by atoms with Crippen molar-refractivity contribution in [3.63, 3.8) is 0 Å². The summed E-state index contributed by atoms with van der Waals surface area (Å²) in [7, 11) is 0. The van der Waals surface area contributed by atoms with Crippen molar-refractivity contribution >= 4 is 5.65 Å². The number of hydrogen-bond donors (Lipinski definition) is 0. The summed E-state index contributed by atoms with van der Waals surface area (Å²) in [6, 6.07) is 5.36. The van der Waals surface area contributed by atoms with Crippen molar-refractivity contribution in [3.05, 3.63) is 53.1 Å². The zero-order valence-corrected chi connectivity index (χ0v) is 12.9. The van der Waals surface area contributed by atoms with Crippen LogP contribution in [0.15, 0.2) is 30.6 Å². The van der Waals surface area contributed by atoms with Crippen molar-refractivity contribution in [3.8, 4) is 17.3 Å². The van der Waals surface area contributed by atoms with E-state index in [4.69, 9.17) is 5.26 Å². The van der Waals surface area contributed by atoms with E-state index >= 15 is 0 Å². The van der Waals surface area contributed by atoms with Gasteiger partial charge in [-0.15, -0.1) is 0 Å². The van der Waals surface area contributed by atoms with Crippen molar-refractivity contribution in [2.45, 2.75) is 19.3 Å². The van der Waals surface area contributed by atoms with Gasteiger partial charge in [-0.2, -0.15) is 31.6 Å². The van der Waals surface area contributed by atoms with E-state index in [1.54, 1.807) is 6.07 Å². The molecule has 0 aliphatic heterocycles. The molecule has 0 saturated carbocycles. The topological polar surface area (TPSA) is 54.0 Å². The standard InChI is InChI=1S/C16H8F6N4/c1-8-2-3-9(4-10(8)15(17,18)19)11-5-13(16(20,21)22)26-7-24-12(6-23)14(26)25-11/h2-5,7H,1H3. The normalized spacial score (nSPS) is 12.4. The number of nitriles is 1. The Kier molecular flexibility index (Phi) is 3.90. The molecule has 0 aliphatic rings. The van der Waals surface area contributed by atoms with Crippen molar-refractivity contribution in [1.29, 1.82) is 5.26 Å². The molecule has 0 bridgehead atoms. The fourth-order valence-electron chi connectivity index (χ4n) is 2.50. The SMILES string of the molecule is Cc1ccc(-c2cc(C(F)(F)F)n3cnc(C#N)c3n2)cc1C(F)(F)F. The third-order valence-electron chi connectivity index (χ3n) is 3.74. The highest BCUT2D eigenvalue weighted by atomic mass is 19.4. The second-order valence-electron chi connectivity index (χ2n) is 5.45. The second kappa shape index (κ2) is 5.72. The predicted molar refractivity (Wildman–Crippen MR) is 77.9 cm³/mol. The number of benzene rings is 1. The average Bonchev–Trinajstić information content (AvgIpc) is 2.95. The highest BCUT2D eigenvalue weighted by Gasteiger charge is 2.36.